The van der Waals surface area contributed by atoms with Crippen molar-refractivity contribution in [2.45, 2.75) is 4.90 Å². The second-order valence-electron chi connectivity index (χ2n) is 3.29. The van der Waals surface area contributed by atoms with E-state index in [0.29, 0.717) is 10.1 Å². The van der Waals surface area contributed by atoms with Gasteiger partial charge in [0.15, 0.2) is 0 Å². The molecule has 0 aliphatic carbocycles. The summed E-state index contributed by atoms with van der Waals surface area (Å²) in [5.74, 6) is -0.699. The number of hydrogen-bond donors (Lipinski definition) is 1. The molecule has 0 spiro atoms. The highest BCUT2D eigenvalue weighted by molar-refractivity contribution is 7.89. The molecule has 90 valence electrons. The SMILES string of the molecule is COC(=O)c1sc2ccccc2c1S(N)(=O)=O. The Morgan fingerprint density at radius 3 is 2.59 bits per heavy atom. The van der Waals surface area contributed by atoms with Crippen molar-refractivity contribution >= 4 is 37.4 Å². The lowest BCUT2D eigenvalue weighted by Crippen LogP contribution is -2.15. The van der Waals surface area contributed by atoms with Crippen LogP contribution < -0.4 is 5.14 Å². The first-order chi connectivity index (χ1) is 7.95. The molecule has 0 saturated heterocycles. The number of methoxy groups -OCH3 is 1. The van der Waals surface area contributed by atoms with Crippen LogP contribution in [0.25, 0.3) is 10.1 Å². The molecule has 0 aliphatic heterocycles. The fourth-order valence-electron chi connectivity index (χ4n) is 1.53. The molecule has 1 aromatic heterocycles. The smallest absolute Gasteiger partial charge is 0.349 e. The lowest BCUT2D eigenvalue weighted by Gasteiger charge is -2.00. The number of thiophene rings is 1. The van der Waals surface area contributed by atoms with Crippen molar-refractivity contribution in [2.24, 2.45) is 5.14 Å². The zero-order valence-corrected chi connectivity index (χ0v) is 10.5. The average molecular weight is 271 g/mol. The summed E-state index contributed by atoms with van der Waals surface area (Å²) in [6.45, 7) is 0. The van der Waals surface area contributed by atoms with E-state index in [0.717, 1.165) is 11.3 Å². The summed E-state index contributed by atoms with van der Waals surface area (Å²) in [5, 5.41) is 5.58. The van der Waals surface area contributed by atoms with Crippen LogP contribution in [0.3, 0.4) is 0 Å². The van der Waals surface area contributed by atoms with Gasteiger partial charge in [-0.3, -0.25) is 0 Å². The summed E-state index contributed by atoms with van der Waals surface area (Å²) in [7, 11) is -2.77. The van der Waals surface area contributed by atoms with Crippen LogP contribution in [-0.4, -0.2) is 21.5 Å². The molecule has 1 aromatic carbocycles. The van der Waals surface area contributed by atoms with Gasteiger partial charge in [-0.2, -0.15) is 0 Å². The van der Waals surface area contributed by atoms with Crippen molar-refractivity contribution < 1.29 is 17.9 Å². The molecular formula is C10H9NO4S2. The van der Waals surface area contributed by atoms with Crippen LogP contribution in [0.15, 0.2) is 29.2 Å². The zero-order chi connectivity index (χ0) is 12.6. The number of sulfonamides is 1. The van der Waals surface area contributed by atoms with Gasteiger partial charge >= 0.3 is 5.97 Å². The molecule has 0 fully saturated rings. The summed E-state index contributed by atoms with van der Waals surface area (Å²) < 4.78 is 28.3. The number of rotatable bonds is 2. The van der Waals surface area contributed by atoms with Gasteiger partial charge in [0, 0.05) is 10.1 Å². The van der Waals surface area contributed by atoms with Gasteiger partial charge in [0.25, 0.3) is 0 Å². The Labute approximate surface area is 102 Å². The number of benzene rings is 1. The van der Waals surface area contributed by atoms with Crippen LogP contribution in [0.1, 0.15) is 9.67 Å². The Kier molecular flexibility index (Phi) is 2.90. The molecule has 1 heterocycles. The Morgan fingerprint density at radius 1 is 1.35 bits per heavy atom. The Morgan fingerprint density at radius 2 is 2.00 bits per heavy atom. The molecule has 5 nitrogen and oxygen atoms in total. The maximum absolute atomic E-state index is 11.5. The van der Waals surface area contributed by atoms with Crippen molar-refractivity contribution in [1.29, 1.82) is 0 Å². The van der Waals surface area contributed by atoms with Crippen molar-refractivity contribution in [2.75, 3.05) is 7.11 Å². The number of esters is 1. The van der Waals surface area contributed by atoms with E-state index in [2.05, 4.69) is 4.74 Å². The molecular weight excluding hydrogens is 262 g/mol. The molecule has 7 heteroatoms. The minimum Gasteiger partial charge on any atom is -0.465 e. The number of carbonyl (C=O) groups is 1. The highest BCUT2D eigenvalue weighted by Gasteiger charge is 2.26. The summed E-state index contributed by atoms with van der Waals surface area (Å²) >= 11 is 1.05. The van der Waals surface area contributed by atoms with Gasteiger partial charge in [0.05, 0.1) is 7.11 Å². The first kappa shape index (κ1) is 12.0. The zero-order valence-electron chi connectivity index (χ0n) is 8.84. The predicted octanol–water partition coefficient (Wildman–Crippen LogP) is 1.34. The van der Waals surface area contributed by atoms with E-state index in [1.54, 1.807) is 24.3 Å². The lowest BCUT2D eigenvalue weighted by molar-refractivity contribution is 0.0602. The van der Waals surface area contributed by atoms with Gasteiger partial charge < -0.3 is 4.74 Å². The molecule has 0 atom stereocenters. The summed E-state index contributed by atoms with van der Waals surface area (Å²) in [5.41, 5.74) is 0. The first-order valence-electron chi connectivity index (χ1n) is 4.58. The van der Waals surface area contributed by atoms with Crippen LogP contribution in [0.4, 0.5) is 0 Å². The molecule has 2 N–H and O–H groups in total. The highest BCUT2D eigenvalue weighted by Crippen LogP contribution is 2.34. The summed E-state index contributed by atoms with van der Waals surface area (Å²) in [4.78, 5) is 11.4. The third-order valence-corrected chi connectivity index (χ3v) is 4.48. The normalized spacial score (nSPS) is 11.6. The number of nitrogens with two attached hydrogens (primary N) is 1. The topological polar surface area (TPSA) is 86.5 Å². The number of primary sulfonamides is 1. The van der Waals surface area contributed by atoms with Crippen LogP contribution in [-0.2, 0) is 14.8 Å². The molecule has 0 saturated carbocycles. The van der Waals surface area contributed by atoms with Crippen LogP contribution >= 0.6 is 11.3 Å². The van der Waals surface area contributed by atoms with Gasteiger partial charge in [-0.15, -0.1) is 11.3 Å². The standard InChI is InChI=1S/C10H9NO4S2/c1-15-10(12)8-9(17(11,13)14)6-4-2-3-5-7(6)16-8/h2-5H,1H3,(H2,11,13,14). The maximum atomic E-state index is 11.5. The number of carbonyl (C=O) groups excluding carboxylic acids is 1. The van der Waals surface area contributed by atoms with E-state index in [1.165, 1.54) is 7.11 Å². The monoisotopic (exact) mass is 271 g/mol. The third-order valence-electron chi connectivity index (χ3n) is 2.21. The van der Waals surface area contributed by atoms with Crippen molar-refractivity contribution in [3.8, 4) is 0 Å². The molecule has 0 amide bonds. The molecule has 0 bridgehead atoms. The highest BCUT2D eigenvalue weighted by atomic mass is 32.2. The minimum atomic E-state index is -3.96. The summed E-state index contributed by atoms with van der Waals surface area (Å²) in [6, 6.07) is 6.77. The summed E-state index contributed by atoms with van der Waals surface area (Å²) in [6.07, 6.45) is 0. The third kappa shape index (κ3) is 2.04. The van der Waals surface area contributed by atoms with Crippen LogP contribution in [0.5, 0.6) is 0 Å². The van der Waals surface area contributed by atoms with Crippen molar-refractivity contribution in [3.05, 3.63) is 29.1 Å². The van der Waals surface area contributed by atoms with E-state index < -0.39 is 16.0 Å². The Balaban J connectivity index is 2.89. The van der Waals surface area contributed by atoms with Gasteiger partial charge in [-0.1, -0.05) is 18.2 Å². The predicted molar refractivity (Wildman–Crippen MR) is 64.5 cm³/mol. The van der Waals surface area contributed by atoms with E-state index in [-0.39, 0.29) is 9.77 Å². The minimum absolute atomic E-state index is 0.0104. The second-order valence-corrected chi connectivity index (χ2v) is 5.84. The molecule has 17 heavy (non-hydrogen) atoms. The molecule has 2 rings (SSSR count). The van der Waals surface area contributed by atoms with Gasteiger partial charge in [0.2, 0.25) is 10.0 Å². The molecule has 0 unspecified atom stereocenters. The van der Waals surface area contributed by atoms with E-state index in [9.17, 15) is 13.2 Å². The molecule has 0 radical (unpaired) electrons. The van der Waals surface area contributed by atoms with Crippen molar-refractivity contribution in [3.63, 3.8) is 0 Å². The van der Waals surface area contributed by atoms with E-state index in [4.69, 9.17) is 5.14 Å². The van der Waals surface area contributed by atoms with Crippen LogP contribution in [0.2, 0.25) is 0 Å². The van der Waals surface area contributed by atoms with Gasteiger partial charge in [-0.05, 0) is 6.07 Å². The number of hydrogen-bond acceptors (Lipinski definition) is 5. The number of fused-ring (bicyclic) bond motifs is 1. The molecule has 0 aliphatic rings. The largest absolute Gasteiger partial charge is 0.465 e. The Bertz CT molecular complexity index is 687. The Hall–Kier alpha value is -1.44. The maximum Gasteiger partial charge on any atom is 0.349 e. The molecule has 2 aromatic rings. The fourth-order valence-corrected chi connectivity index (χ4v) is 3.91. The van der Waals surface area contributed by atoms with E-state index in [1.807, 2.05) is 0 Å². The van der Waals surface area contributed by atoms with Gasteiger partial charge in [-0.25, -0.2) is 18.4 Å². The number of ether oxygens (including phenoxy) is 1. The second kappa shape index (κ2) is 4.10. The fraction of sp³-hybridized carbons (Fsp3) is 0.100. The van der Waals surface area contributed by atoms with Gasteiger partial charge in [0.1, 0.15) is 9.77 Å². The average Bonchev–Trinajstić information content (AvgIpc) is 2.66. The lowest BCUT2D eigenvalue weighted by atomic mass is 10.2. The van der Waals surface area contributed by atoms with Crippen LogP contribution in [0, 0.1) is 0 Å². The van der Waals surface area contributed by atoms with E-state index >= 15 is 0 Å². The first-order valence-corrected chi connectivity index (χ1v) is 6.94. The quantitative estimate of drug-likeness (QED) is 0.835. The van der Waals surface area contributed by atoms with Crippen molar-refractivity contribution in [1.82, 2.24) is 0 Å².